The lowest BCUT2D eigenvalue weighted by atomic mass is 9.82. The summed E-state index contributed by atoms with van der Waals surface area (Å²) in [6, 6.07) is 7.81. The van der Waals surface area contributed by atoms with E-state index in [1.54, 1.807) is 18.9 Å². The molecule has 9 heteroatoms. The Morgan fingerprint density at radius 2 is 1.68 bits per heavy atom. The van der Waals surface area contributed by atoms with Gasteiger partial charge in [0.25, 0.3) is 0 Å². The summed E-state index contributed by atoms with van der Waals surface area (Å²) < 4.78 is 0. The van der Waals surface area contributed by atoms with Crippen molar-refractivity contribution in [3.05, 3.63) is 35.9 Å². The highest BCUT2D eigenvalue weighted by molar-refractivity contribution is 5.91. The Hall–Kier alpha value is -3.37. The average molecular weight is 651 g/mol. The normalized spacial score (nSPS) is 16.5. The van der Waals surface area contributed by atoms with Gasteiger partial charge in [-0.3, -0.25) is 14.4 Å². The molecule has 260 valence electrons. The lowest BCUT2D eigenvalue weighted by Crippen LogP contribution is -2.56. The van der Waals surface area contributed by atoms with Gasteiger partial charge in [0.2, 0.25) is 17.7 Å². The number of hydrogen-bond acceptors (Lipinski definition) is 6. The third-order valence-electron chi connectivity index (χ3n) is 9.34. The van der Waals surface area contributed by atoms with E-state index in [0.29, 0.717) is 31.7 Å². The van der Waals surface area contributed by atoms with Gasteiger partial charge in [-0.15, -0.1) is 24.2 Å². The molecule has 0 aromatic heterocycles. The van der Waals surface area contributed by atoms with Crippen LogP contribution in [-0.4, -0.2) is 95.3 Å². The summed E-state index contributed by atoms with van der Waals surface area (Å²) in [5, 5.41) is 27.7. The Morgan fingerprint density at radius 3 is 2.30 bits per heavy atom. The van der Waals surface area contributed by atoms with Crippen LogP contribution in [0.25, 0.3) is 0 Å². The first kappa shape index (κ1) is 39.8. The van der Waals surface area contributed by atoms with Gasteiger partial charge in [0.05, 0.1) is 18.1 Å². The molecule has 2 rings (SSSR count). The number of carbonyl (C=O) groups is 3. The van der Waals surface area contributed by atoms with Crippen LogP contribution in [0.2, 0.25) is 0 Å². The molecule has 1 aliphatic carbocycles. The van der Waals surface area contributed by atoms with Crippen LogP contribution in [0.15, 0.2) is 30.3 Å². The molecule has 9 nitrogen and oxygen atoms in total. The van der Waals surface area contributed by atoms with Gasteiger partial charge in [0.15, 0.2) is 0 Å². The summed E-state index contributed by atoms with van der Waals surface area (Å²) >= 11 is 0. The molecule has 0 spiro atoms. The molecule has 1 fully saturated rings. The maximum atomic E-state index is 13.9. The van der Waals surface area contributed by atoms with Crippen molar-refractivity contribution in [2.75, 3.05) is 33.2 Å². The molecule has 0 heterocycles. The SMILES string of the molecule is C#CCCC(O)C(O)C(CC1CCCCC1)NC(=O)C(CC#CC)NC(=O)C(CC(=O)N(C)CCN(CC)CC)Cc1ccccc1. The Balaban J connectivity index is 2.24. The fraction of sp³-hybridized carbons (Fsp3) is 0.658. The summed E-state index contributed by atoms with van der Waals surface area (Å²) in [4.78, 5) is 44.9. The number of carbonyl (C=O) groups excluding carboxylic acids is 3. The van der Waals surface area contributed by atoms with Crippen LogP contribution >= 0.6 is 0 Å². The van der Waals surface area contributed by atoms with Gasteiger partial charge in [-0.1, -0.05) is 76.3 Å². The minimum Gasteiger partial charge on any atom is -0.390 e. The summed E-state index contributed by atoms with van der Waals surface area (Å²) in [5.41, 5.74) is 0.914. The molecule has 1 aromatic carbocycles. The average Bonchev–Trinajstić information content (AvgIpc) is 3.09. The number of aliphatic hydroxyl groups is 2. The minimum absolute atomic E-state index is 0.00629. The zero-order chi connectivity index (χ0) is 34.6. The smallest absolute Gasteiger partial charge is 0.243 e. The summed E-state index contributed by atoms with van der Waals surface area (Å²) in [6.45, 7) is 8.92. The first-order chi connectivity index (χ1) is 22.6. The maximum Gasteiger partial charge on any atom is 0.243 e. The van der Waals surface area contributed by atoms with Gasteiger partial charge < -0.3 is 30.6 Å². The highest BCUT2D eigenvalue weighted by Crippen LogP contribution is 2.29. The predicted molar refractivity (Wildman–Crippen MR) is 187 cm³/mol. The second-order valence-electron chi connectivity index (χ2n) is 12.8. The second kappa shape index (κ2) is 22.2. The van der Waals surface area contributed by atoms with E-state index < -0.39 is 42.0 Å². The molecule has 47 heavy (non-hydrogen) atoms. The molecular weight excluding hydrogens is 592 g/mol. The van der Waals surface area contributed by atoms with Crippen molar-refractivity contribution in [1.29, 1.82) is 0 Å². The summed E-state index contributed by atoms with van der Waals surface area (Å²) in [5.74, 6) is 6.79. The van der Waals surface area contributed by atoms with E-state index in [4.69, 9.17) is 6.42 Å². The van der Waals surface area contributed by atoms with Crippen molar-refractivity contribution in [3.8, 4) is 24.2 Å². The first-order valence-corrected chi connectivity index (χ1v) is 17.4. The molecule has 1 saturated carbocycles. The van der Waals surface area contributed by atoms with Gasteiger partial charge >= 0.3 is 0 Å². The Morgan fingerprint density at radius 1 is 1.00 bits per heavy atom. The number of terminal acetylenes is 1. The molecule has 4 N–H and O–H groups in total. The van der Waals surface area contributed by atoms with Gasteiger partial charge in [-0.2, -0.15) is 0 Å². The summed E-state index contributed by atoms with van der Waals surface area (Å²) in [7, 11) is 1.76. The second-order valence-corrected chi connectivity index (χ2v) is 12.8. The molecular formula is C38H58N4O5. The fourth-order valence-electron chi connectivity index (χ4n) is 6.20. The van der Waals surface area contributed by atoms with Crippen LogP contribution < -0.4 is 10.6 Å². The van der Waals surface area contributed by atoms with Crippen LogP contribution in [0.4, 0.5) is 0 Å². The van der Waals surface area contributed by atoms with Gasteiger partial charge in [-0.05, 0) is 50.8 Å². The van der Waals surface area contributed by atoms with E-state index in [0.717, 1.165) is 50.9 Å². The minimum atomic E-state index is -1.21. The third kappa shape index (κ3) is 14.5. The van der Waals surface area contributed by atoms with Crippen molar-refractivity contribution in [2.24, 2.45) is 11.8 Å². The van der Waals surface area contributed by atoms with Crippen LogP contribution in [0, 0.1) is 36.0 Å². The number of rotatable bonds is 20. The molecule has 5 atom stereocenters. The van der Waals surface area contributed by atoms with E-state index in [9.17, 15) is 24.6 Å². The Kier molecular flexibility index (Phi) is 18.8. The van der Waals surface area contributed by atoms with Crippen molar-refractivity contribution in [1.82, 2.24) is 20.4 Å². The van der Waals surface area contributed by atoms with Crippen molar-refractivity contribution in [2.45, 2.75) is 116 Å². The lowest BCUT2D eigenvalue weighted by molar-refractivity contribution is -0.137. The molecule has 0 radical (unpaired) electrons. The number of benzene rings is 1. The molecule has 0 aliphatic heterocycles. The third-order valence-corrected chi connectivity index (χ3v) is 9.34. The zero-order valence-corrected chi connectivity index (χ0v) is 29.0. The van der Waals surface area contributed by atoms with Crippen molar-refractivity contribution in [3.63, 3.8) is 0 Å². The van der Waals surface area contributed by atoms with Gasteiger partial charge in [-0.25, -0.2) is 0 Å². The number of nitrogens with zero attached hydrogens (tertiary/aromatic N) is 2. The van der Waals surface area contributed by atoms with E-state index in [1.807, 2.05) is 30.3 Å². The van der Waals surface area contributed by atoms with Crippen LogP contribution in [0.3, 0.4) is 0 Å². The number of likely N-dealkylation sites (N-methyl/N-ethyl adjacent to an activating group) is 2. The predicted octanol–water partition coefficient (Wildman–Crippen LogP) is 3.52. The lowest BCUT2D eigenvalue weighted by Gasteiger charge is -2.33. The van der Waals surface area contributed by atoms with Crippen LogP contribution in [-0.2, 0) is 20.8 Å². The van der Waals surface area contributed by atoms with Gasteiger partial charge in [0.1, 0.15) is 12.1 Å². The van der Waals surface area contributed by atoms with Crippen molar-refractivity contribution >= 4 is 17.7 Å². The number of hydrogen-bond donors (Lipinski definition) is 4. The Labute approximate surface area is 283 Å². The van der Waals surface area contributed by atoms with E-state index in [-0.39, 0.29) is 25.2 Å². The first-order valence-electron chi connectivity index (χ1n) is 17.4. The maximum absolute atomic E-state index is 13.9. The topological polar surface area (TPSA) is 122 Å². The monoisotopic (exact) mass is 650 g/mol. The summed E-state index contributed by atoms with van der Waals surface area (Å²) in [6.07, 6.45) is 9.87. The van der Waals surface area contributed by atoms with E-state index in [2.05, 4.69) is 47.1 Å². The molecule has 3 amide bonds. The zero-order valence-electron chi connectivity index (χ0n) is 29.0. The van der Waals surface area contributed by atoms with Crippen molar-refractivity contribution < 1.29 is 24.6 Å². The van der Waals surface area contributed by atoms with Gasteiger partial charge in [0, 0.05) is 39.4 Å². The molecule has 1 aromatic rings. The molecule has 1 aliphatic rings. The highest BCUT2D eigenvalue weighted by Gasteiger charge is 2.34. The van der Waals surface area contributed by atoms with Crippen LogP contribution in [0.1, 0.15) is 90.5 Å². The molecule has 0 bridgehead atoms. The largest absolute Gasteiger partial charge is 0.390 e. The van der Waals surface area contributed by atoms with E-state index >= 15 is 0 Å². The van der Waals surface area contributed by atoms with E-state index in [1.165, 1.54) is 6.42 Å². The molecule has 0 saturated heterocycles. The highest BCUT2D eigenvalue weighted by atomic mass is 16.3. The quantitative estimate of drug-likeness (QED) is 0.160. The standard InChI is InChI=1S/C38H58N4O5/c1-6-10-22-32(38(47)40-33(27-30-20-16-13-17-21-30)36(45)34(43)23-11-7-2)39-37(46)31(26-29-18-14-12-15-19-29)28-35(44)41(5)24-25-42(8-3)9-4/h2,12,14-15,18-19,30-34,36,43,45H,8-9,11,13,16-17,20-28H2,1,3-5H3,(H,39,46)(H,40,47). The Bertz CT molecular complexity index is 1180. The molecule has 5 unspecified atom stereocenters. The number of amides is 3. The fourth-order valence-corrected chi connectivity index (χ4v) is 6.20. The van der Waals surface area contributed by atoms with Crippen LogP contribution in [0.5, 0.6) is 0 Å². The number of aliphatic hydroxyl groups excluding tert-OH is 2. The number of nitrogens with one attached hydrogen (secondary N) is 2.